The van der Waals surface area contributed by atoms with Gasteiger partial charge in [-0.1, -0.05) is 36.4 Å². The van der Waals surface area contributed by atoms with E-state index in [-0.39, 0.29) is 28.8 Å². The van der Waals surface area contributed by atoms with E-state index in [0.29, 0.717) is 32.2 Å². The largest absolute Gasteiger partial charge is 0.388 e. The molecule has 36 heavy (non-hydrogen) atoms. The molecular weight excluding hydrogens is 474 g/mol. The van der Waals surface area contributed by atoms with Crippen LogP contribution in [0.1, 0.15) is 52.4 Å². The van der Waals surface area contributed by atoms with Gasteiger partial charge in [0.15, 0.2) is 0 Å². The molecule has 5 rings (SSSR count). The van der Waals surface area contributed by atoms with Crippen LogP contribution in [0.4, 0.5) is 0 Å². The summed E-state index contributed by atoms with van der Waals surface area (Å²) in [6.07, 6.45) is 4.28. The van der Waals surface area contributed by atoms with Crippen LogP contribution in [-0.2, 0) is 14.8 Å². The van der Waals surface area contributed by atoms with Crippen molar-refractivity contribution in [3.8, 4) is 11.3 Å². The molecule has 2 fully saturated rings. The molecule has 0 bridgehead atoms. The lowest BCUT2D eigenvalue weighted by atomic mass is 9.85. The van der Waals surface area contributed by atoms with Gasteiger partial charge in [-0.2, -0.15) is 0 Å². The van der Waals surface area contributed by atoms with Crippen molar-refractivity contribution >= 4 is 26.8 Å². The Balaban J connectivity index is 1.23. The maximum atomic E-state index is 13.2. The molecule has 3 aromatic rings. The molecule has 1 aliphatic heterocycles. The van der Waals surface area contributed by atoms with E-state index in [2.05, 4.69) is 9.71 Å². The smallest absolute Gasteiger partial charge is 0.240 e. The number of carbonyl (C=O) groups is 1. The molecule has 1 aliphatic carbocycles. The summed E-state index contributed by atoms with van der Waals surface area (Å²) < 4.78 is 29.2. The van der Waals surface area contributed by atoms with Gasteiger partial charge in [0.2, 0.25) is 15.9 Å². The van der Waals surface area contributed by atoms with Crippen molar-refractivity contribution in [2.45, 2.75) is 75.0 Å². The molecule has 1 unspecified atom stereocenters. The van der Waals surface area contributed by atoms with Crippen molar-refractivity contribution in [3.05, 3.63) is 54.6 Å². The Hall–Kier alpha value is -2.68. The fourth-order valence-corrected chi connectivity index (χ4v) is 7.12. The molecule has 1 saturated heterocycles. The number of nitrogens with zero attached hydrogens (tertiary/aromatic N) is 1. The zero-order valence-corrected chi connectivity index (χ0v) is 21.7. The standard InChI is InChI=1S/C28H35N3O4S/c1-28(2,33)26-9-6-16-31(26)27(32)20-10-13-22(14-11-20)30-36(34,35)23-15-12-21-17-24(29-25(21)18-23)19-7-4-3-5-8-19/h3-5,7-8,12,15,17-18,20,22,26,29-30,33H,6,9-11,13-14,16H2,1-2H3. The molecule has 0 spiro atoms. The number of rotatable bonds is 6. The quantitative estimate of drug-likeness (QED) is 0.457. The number of amides is 1. The highest BCUT2D eigenvalue weighted by Gasteiger charge is 2.41. The highest BCUT2D eigenvalue weighted by Crippen LogP contribution is 2.33. The number of nitrogens with one attached hydrogen (secondary N) is 2. The minimum atomic E-state index is -3.69. The molecule has 2 aliphatic rings. The van der Waals surface area contributed by atoms with Crippen molar-refractivity contribution < 1.29 is 18.3 Å². The van der Waals surface area contributed by atoms with Crippen LogP contribution in [0.5, 0.6) is 0 Å². The van der Waals surface area contributed by atoms with Gasteiger partial charge in [0, 0.05) is 35.1 Å². The minimum Gasteiger partial charge on any atom is -0.388 e. The SMILES string of the molecule is CC(C)(O)C1CCCN1C(=O)C1CCC(NS(=O)(=O)c2ccc3cc(-c4ccccc4)[nH]c3c2)CC1. The van der Waals surface area contributed by atoms with Crippen LogP contribution in [-0.4, -0.2) is 53.5 Å². The van der Waals surface area contributed by atoms with Gasteiger partial charge in [-0.3, -0.25) is 4.79 Å². The van der Waals surface area contributed by atoms with Crippen molar-refractivity contribution in [2.24, 2.45) is 5.92 Å². The number of aromatic nitrogens is 1. The van der Waals surface area contributed by atoms with Crippen LogP contribution in [0.2, 0.25) is 0 Å². The number of aliphatic hydroxyl groups is 1. The molecule has 8 heteroatoms. The van der Waals surface area contributed by atoms with E-state index in [0.717, 1.165) is 35.0 Å². The molecule has 2 aromatic carbocycles. The van der Waals surface area contributed by atoms with E-state index in [1.165, 1.54) is 0 Å². The Morgan fingerprint density at radius 3 is 2.44 bits per heavy atom. The van der Waals surface area contributed by atoms with Crippen molar-refractivity contribution in [1.82, 2.24) is 14.6 Å². The topological polar surface area (TPSA) is 102 Å². The van der Waals surface area contributed by atoms with E-state index in [1.807, 2.05) is 47.4 Å². The number of hydrogen-bond acceptors (Lipinski definition) is 4. The maximum absolute atomic E-state index is 13.2. The first-order valence-electron chi connectivity index (χ1n) is 12.9. The van der Waals surface area contributed by atoms with Gasteiger partial charge in [-0.25, -0.2) is 13.1 Å². The average molecular weight is 510 g/mol. The van der Waals surface area contributed by atoms with Crippen LogP contribution in [0.25, 0.3) is 22.2 Å². The number of carbonyl (C=O) groups excluding carboxylic acids is 1. The molecule has 192 valence electrons. The summed E-state index contributed by atoms with van der Waals surface area (Å²) in [5, 5.41) is 11.4. The lowest BCUT2D eigenvalue weighted by Crippen LogP contribution is -2.50. The Kier molecular flexibility index (Phi) is 6.70. The lowest BCUT2D eigenvalue weighted by Gasteiger charge is -2.37. The van der Waals surface area contributed by atoms with Gasteiger partial charge in [-0.15, -0.1) is 0 Å². The Morgan fingerprint density at radius 1 is 1.03 bits per heavy atom. The summed E-state index contributed by atoms with van der Waals surface area (Å²) in [7, 11) is -3.69. The predicted octanol–water partition coefficient (Wildman–Crippen LogP) is 4.43. The fraction of sp³-hybridized carbons (Fsp3) is 0.464. The van der Waals surface area contributed by atoms with Crippen LogP contribution in [0, 0.1) is 5.92 Å². The number of fused-ring (bicyclic) bond motifs is 1. The van der Waals surface area contributed by atoms with Gasteiger partial charge in [-0.05, 0) is 76.1 Å². The molecule has 1 saturated carbocycles. The number of likely N-dealkylation sites (tertiary alicyclic amines) is 1. The summed E-state index contributed by atoms with van der Waals surface area (Å²) in [6.45, 7) is 4.22. The van der Waals surface area contributed by atoms with Crippen LogP contribution in [0.15, 0.2) is 59.5 Å². The van der Waals surface area contributed by atoms with Gasteiger partial charge < -0.3 is 15.0 Å². The zero-order valence-electron chi connectivity index (χ0n) is 20.9. The molecule has 7 nitrogen and oxygen atoms in total. The Labute approximate surface area is 213 Å². The summed E-state index contributed by atoms with van der Waals surface area (Å²) in [5.74, 6) is -0.00673. The van der Waals surface area contributed by atoms with Crippen LogP contribution >= 0.6 is 0 Å². The van der Waals surface area contributed by atoms with E-state index in [9.17, 15) is 18.3 Å². The Morgan fingerprint density at radius 2 is 1.75 bits per heavy atom. The number of H-pyrrole nitrogens is 1. The average Bonchev–Trinajstić information content (AvgIpc) is 3.51. The highest BCUT2D eigenvalue weighted by atomic mass is 32.2. The molecule has 3 N–H and O–H groups in total. The normalized spacial score (nSPS) is 23.3. The third kappa shape index (κ3) is 5.08. The predicted molar refractivity (Wildman–Crippen MR) is 141 cm³/mol. The van der Waals surface area contributed by atoms with Crippen molar-refractivity contribution in [3.63, 3.8) is 0 Å². The van der Waals surface area contributed by atoms with E-state index in [4.69, 9.17) is 0 Å². The van der Waals surface area contributed by atoms with Crippen molar-refractivity contribution in [1.29, 1.82) is 0 Å². The summed E-state index contributed by atoms with van der Waals surface area (Å²) in [4.78, 5) is 18.6. The van der Waals surface area contributed by atoms with E-state index in [1.54, 1.807) is 26.0 Å². The van der Waals surface area contributed by atoms with Crippen molar-refractivity contribution in [2.75, 3.05) is 6.54 Å². The lowest BCUT2D eigenvalue weighted by molar-refractivity contribution is -0.142. The van der Waals surface area contributed by atoms with Gasteiger partial charge in [0.05, 0.1) is 16.5 Å². The monoisotopic (exact) mass is 509 g/mol. The molecule has 2 heterocycles. The fourth-order valence-electron chi connectivity index (χ4n) is 5.79. The van der Waals surface area contributed by atoms with Crippen LogP contribution < -0.4 is 4.72 Å². The molecule has 1 aromatic heterocycles. The first-order chi connectivity index (χ1) is 17.1. The third-order valence-corrected chi connectivity index (χ3v) is 9.26. The Bertz CT molecular complexity index is 1340. The molecular formula is C28H35N3O4S. The third-order valence-electron chi connectivity index (χ3n) is 7.74. The van der Waals surface area contributed by atoms with E-state index < -0.39 is 15.6 Å². The second kappa shape index (κ2) is 9.65. The minimum absolute atomic E-state index is 0.104. The van der Waals surface area contributed by atoms with Gasteiger partial charge in [0.25, 0.3) is 0 Å². The summed E-state index contributed by atoms with van der Waals surface area (Å²) >= 11 is 0. The first-order valence-corrected chi connectivity index (χ1v) is 14.3. The van der Waals surface area contributed by atoms with E-state index >= 15 is 0 Å². The second-order valence-electron chi connectivity index (χ2n) is 10.8. The molecule has 0 radical (unpaired) electrons. The van der Waals surface area contributed by atoms with Gasteiger partial charge >= 0.3 is 0 Å². The number of aromatic amines is 1. The van der Waals surface area contributed by atoms with Crippen LogP contribution in [0.3, 0.4) is 0 Å². The number of sulfonamides is 1. The summed E-state index contributed by atoms with van der Waals surface area (Å²) in [6, 6.07) is 16.8. The number of benzene rings is 2. The second-order valence-corrected chi connectivity index (χ2v) is 12.5. The maximum Gasteiger partial charge on any atom is 0.240 e. The zero-order chi connectivity index (χ0) is 25.5. The van der Waals surface area contributed by atoms with Gasteiger partial charge in [0.1, 0.15) is 0 Å². The first kappa shape index (κ1) is 25.0. The highest BCUT2D eigenvalue weighted by molar-refractivity contribution is 7.89. The molecule has 1 amide bonds. The number of hydrogen-bond donors (Lipinski definition) is 3. The molecule has 1 atom stereocenters. The summed E-state index contributed by atoms with van der Waals surface area (Å²) in [5.41, 5.74) is 1.85.